The zero-order valence-electron chi connectivity index (χ0n) is 10.0. The van der Waals surface area contributed by atoms with Crippen molar-refractivity contribution in [2.75, 3.05) is 13.2 Å². The fourth-order valence-corrected chi connectivity index (χ4v) is 4.05. The molecule has 0 saturated carbocycles. The Morgan fingerprint density at radius 2 is 2.37 bits per heavy atom. The predicted molar refractivity (Wildman–Crippen MR) is 67.9 cm³/mol. The second kappa shape index (κ2) is 5.95. The molecule has 0 radical (unpaired) electrons. The van der Waals surface area contributed by atoms with E-state index >= 15 is 0 Å². The van der Waals surface area contributed by atoms with Crippen molar-refractivity contribution < 1.29 is 23.1 Å². The zero-order chi connectivity index (χ0) is 13.9. The molecule has 0 amide bonds. The number of carboxylic acids is 1. The molecule has 7 nitrogen and oxygen atoms in total. The predicted octanol–water partition coefficient (Wildman–Crippen LogP) is 0.689. The fraction of sp³-hybridized carbons (Fsp3) is 0.600. The van der Waals surface area contributed by atoms with Crippen molar-refractivity contribution in [3.63, 3.8) is 0 Å². The number of rotatable bonds is 5. The minimum atomic E-state index is -3.85. The Morgan fingerprint density at radius 1 is 1.58 bits per heavy atom. The standard InChI is InChI=1S/C10H14N2O5S2/c13-9(14)8-10(18-6-11-8)19(15,16)12-5-7-3-1-2-4-17-7/h6-7,12H,1-5H2,(H,13,14). The lowest BCUT2D eigenvalue weighted by Gasteiger charge is -2.22. The lowest BCUT2D eigenvalue weighted by molar-refractivity contribution is 0.0200. The smallest absolute Gasteiger partial charge is 0.356 e. The second-order valence-corrected chi connectivity index (χ2v) is 6.95. The monoisotopic (exact) mass is 306 g/mol. The molecule has 2 rings (SSSR count). The maximum atomic E-state index is 12.0. The number of ether oxygens (including phenoxy) is 1. The first kappa shape index (κ1) is 14.4. The summed E-state index contributed by atoms with van der Waals surface area (Å²) in [5, 5.41) is 8.86. The largest absolute Gasteiger partial charge is 0.476 e. The van der Waals surface area contributed by atoms with Crippen molar-refractivity contribution in [3.8, 4) is 0 Å². The highest BCUT2D eigenvalue weighted by Crippen LogP contribution is 2.20. The van der Waals surface area contributed by atoms with Crippen molar-refractivity contribution in [2.24, 2.45) is 0 Å². The van der Waals surface area contributed by atoms with Gasteiger partial charge in [0.05, 0.1) is 11.6 Å². The van der Waals surface area contributed by atoms with Gasteiger partial charge in [-0.1, -0.05) is 0 Å². The normalized spacial score (nSPS) is 20.3. The summed E-state index contributed by atoms with van der Waals surface area (Å²) in [5.74, 6) is -1.35. The molecule has 0 spiro atoms. The van der Waals surface area contributed by atoms with Gasteiger partial charge in [-0.2, -0.15) is 0 Å². The fourth-order valence-electron chi connectivity index (χ4n) is 1.81. The summed E-state index contributed by atoms with van der Waals surface area (Å²) in [4.78, 5) is 14.4. The van der Waals surface area contributed by atoms with Gasteiger partial charge < -0.3 is 9.84 Å². The van der Waals surface area contributed by atoms with Crippen molar-refractivity contribution in [1.29, 1.82) is 0 Å². The number of carbonyl (C=O) groups is 1. The summed E-state index contributed by atoms with van der Waals surface area (Å²) in [6.45, 7) is 0.784. The third-order valence-electron chi connectivity index (χ3n) is 2.76. The van der Waals surface area contributed by atoms with Gasteiger partial charge in [0.2, 0.25) is 0 Å². The third-order valence-corrected chi connectivity index (χ3v) is 5.55. The van der Waals surface area contributed by atoms with E-state index in [-0.39, 0.29) is 16.9 Å². The molecule has 2 N–H and O–H groups in total. The molecule has 1 aromatic heterocycles. The van der Waals surface area contributed by atoms with Gasteiger partial charge >= 0.3 is 5.97 Å². The lowest BCUT2D eigenvalue weighted by atomic mass is 10.1. The Balaban J connectivity index is 2.05. The number of carboxylic acid groups (broad SMARTS) is 1. The molecule has 0 bridgehead atoms. The van der Waals surface area contributed by atoms with Crippen LogP contribution in [-0.4, -0.2) is 43.7 Å². The molecule has 2 heterocycles. The van der Waals surface area contributed by atoms with E-state index in [1.54, 1.807) is 0 Å². The van der Waals surface area contributed by atoms with Crippen LogP contribution in [0.4, 0.5) is 0 Å². The topological polar surface area (TPSA) is 106 Å². The van der Waals surface area contributed by atoms with Crippen LogP contribution in [0.2, 0.25) is 0 Å². The van der Waals surface area contributed by atoms with E-state index in [4.69, 9.17) is 9.84 Å². The number of sulfonamides is 1. The Hall–Kier alpha value is -1.03. The van der Waals surface area contributed by atoms with E-state index in [0.29, 0.717) is 6.61 Å². The number of thiazole rings is 1. The number of nitrogens with zero attached hydrogens (tertiary/aromatic N) is 1. The average Bonchev–Trinajstić information content (AvgIpc) is 2.88. The van der Waals surface area contributed by atoms with Crippen LogP contribution < -0.4 is 4.72 Å². The second-order valence-electron chi connectivity index (χ2n) is 4.13. The van der Waals surface area contributed by atoms with Gasteiger partial charge in [0.15, 0.2) is 9.90 Å². The van der Waals surface area contributed by atoms with E-state index in [2.05, 4.69) is 9.71 Å². The van der Waals surface area contributed by atoms with Crippen LogP contribution in [0, 0.1) is 0 Å². The molecule has 0 aromatic carbocycles. The van der Waals surface area contributed by atoms with Crippen molar-refractivity contribution in [2.45, 2.75) is 29.6 Å². The summed E-state index contributed by atoms with van der Waals surface area (Å²) >= 11 is 0.788. The van der Waals surface area contributed by atoms with Crippen molar-refractivity contribution in [1.82, 2.24) is 9.71 Å². The molecule has 1 aromatic rings. The molecule has 1 atom stereocenters. The van der Waals surface area contributed by atoms with E-state index in [1.165, 1.54) is 5.51 Å². The maximum absolute atomic E-state index is 12.0. The quantitative estimate of drug-likeness (QED) is 0.829. The Morgan fingerprint density at radius 3 is 3.00 bits per heavy atom. The molecule has 19 heavy (non-hydrogen) atoms. The average molecular weight is 306 g/mol. The van der Waals surface area contributed by atoms with Crippen LogP contribution in [0.5, 0.6) is 0 Å². The molecule has 1 aliphatic rings. The van der Waals surface area contributed by atoms with Gasteiger partial charge in [0, 0.05) is 13.2 Å². The Bertz CT molecular complexity index is 548. The first-order chi connectivity index (χ1) is 9.00. The highest BCUT2D eigenvalue weighted by atomic mass is 32.2. The number of aromatic nitrogens is 1. The molecule has 0 aliphatic carbocycles. The van der Waals surface area contributed by atoms with E-state index < -0.39 is 21.7 Å². The molecule has 1 saturated heterocycles. The Labute approximate surface area is 114 Å². The molecular weight excluding hydrogens is 292 g/mol. The molecule has 1 fully saturated rings. The number of nitrogens with one attached hydrogen (secondary N) is 1. The van der Waals surface area contributed by atoms with Gasteiger partial charge in [-0.05, 0) is 19.3 Å². The van der Waals surface area contributed by atoms with Crippen LogP contribution in [0.15, 0.2) is 9.72 Å². The minimum Gasteiger partial charge on any atom is -0.476 e. The third kappa shape index (κ3) is 3.50. The first-order valence-corrected chi connectivity index (χ1v) is 8.15. The first-order valence-electron chi connectivity index (χ1n) is 5.79. The number of hydrogen-bond acceptors (Lipinski definition) is 6. The van der Waals surface area contributed by atoms with Crippen LogP contribution >= 0.6 is 11.3 Å². The van der Waals surface area contributed by atoms with Crippen LogP contribution in [0.3, 0.4) is 0 Å². The summed E-state index contributed by atoms with van der Waals surface area (Å²) in [6, 6.07) is 0. The molecule has 106 valence electrons. The molecular formula is C10H14N2O5S2. The van der Waals surface area contributed by atoms with Gasteiger partial charge in [0.1, 0.15) is 0 Å². The summed E-state index contributed by atoms with van der Waals surface area (Å²) in [6.07, 6.45) is 2.65. The number of aromatic carboxylic acids is 1. The highest BCUT2D eigenvalue weighted by Gasteiger charge is 2.26. The van der Waals surface area contributed by atoms with E-state index in [9.17, 15) is 13.2 Å². The number of hydrogen-bond donors (Lipinski definition) is 2. The molecule has 9 heteroatoms. The van der Waals surface area contributed by atoms with Gasteiger partial charge in [-0.15, -0.1) is 11.3 Å². The molecule has 1 aliphatic heterocycles. The van der Waals surface area contributed by atoms with Gasteiger partial charge in [-0.25, -0.2) is 22.9 Å². The van der Waals surface area contributed by atoms with Crippen LogP contribution in [0.1, 0.15) is 29.8 Å². The van der Waals surface area contributed by atoms with Gasteiger partial charge in [-0.3, -0.25) is 0 Å². The summed E-state index contributed by atoms with van der Waals surface area (Å²) < 4.78 is 31.5. The summed E-state index contributed by atoms with van der Waals surface area (Å²) in [7, 11) is -3.85. The van der Waals surface area contributed by atoms with Crippen molar-refractivity contribution in [3.05, 3.63) is 11.2 Å². The maximum Gasteiger partial charge on any atom is 0.356 e. The van der Waals surface area contributed by atoms with Crippen LogP contribution in [-0.2, 0) is 14.8 Å². The molecule has 1 unspecified atom stereocenters. The lowest BCUT2D eigenvalue weighted by Crippen LogP contribution is -2.35. The minimum absolute atomic E-state index is 0.148. The highest BCUT2D eigenvalue weighted by molar-refractivity contribution is 7.91. The SMILES string of the molecule is O=C(O)c1ncsc1S(=O)(=O)NCC1CCCCO1. The Kier molecular flexibility index (Phi) is 4.50. The van der Waals surface area contributed by atoms with Crippen molar-refractivity contribution >= 4 is 27.3 Å². The van der Waals surface area contributed by atoms with Gasteiger partial charge in [0.25, 0.3) is 10.0 Å². The van der Waals surface area contributed by atoms with E-state index in [1.807, 2.05) is 0 Å². The van der Waals surface area contributed by atoms with Crippen LogP contribution in [0.25, 0.3) is 0 Å². The van der Waals surface area contributed by atoms with E-state index in [0.717, 1.165) is 30.6 Å². The summed E-state index contributed by atoms with van der Waals surface area (Å²) in [5.41, 5.74) is 0.761. The zero-order valence-corrected chi connectivity index (χ0v) is 11.7.